The molecule has 63 heavy (non-hydrogen) atoms. The summed E-state index contributed by atoms with van der Waals surface area (Å²) in [6.07, 6.45) is 0. The molecule has 294 valence electrons. The number of nitrogens with zero attached hydrogens (tertiary/aromatic N) is 2. The highest BCUT2D eigenvalue weighted by Gasteiger charge is 2.36. The third-order valence-corrected chi connectivity index (χ3v) is 14.5. The second-order valence-electron chi connectivity index (χ2n) is 18.1. The predicted octanol–water partition coefficient (Wildman–Crippen LogP) is 16.3. The van der Waals surface area contributed by atoms with E-state index in [-0.39, 0.29) is 5.41 Å². The average molecular weight is 801 g/mol. The van der Waals surface area contributed by atoms with Crippen LogP contribution in [0.2, 0.25) is 0 Å². The van der Waals surface area contributed by atoms with Crippen molar-refractivity contribution in [3.05, 3.63) is 217 Å². The molecule has 2 nitrogen and oxygen atoms in total. The van der Waals surface area contributed by atoms with Crippen molar-refractivity contribution in [2.45, 2.75) is 19.3 Å². The molecule has 2 heteroatoms. The van der Waals surface area contributed by atoms with Gasteiger partial charge in [0.15, 0.2) is 0 Å². The van der Waals surface area contributed by atoms with Gasteiger partial charge in [-0.15, -0.1) is 0 Å². The molecule has 0 atom stereocenters. The minimum Gasteiger partial charge on any atom is -0.309 e. The zero-order valence-corrected chi connectivity index (χ0v) is 35.0. The molecule has 0 bridgehead atoms. The number of fused-ring (bicyclic) bond motifs is 12. The first-order valence-electron chi connectivity index (χ1n) is 22.1. The van der Waals surface area contributed by atoms with Gasteiger partial charge in [0.2, 0.25) is 0 Å². The Labute approximate surface area is 365 Å². The maximum atomic E-state index is 2.47. The van der Waals surface area contributed by atoms with Crippen molar-refractivity contribution in [2.75, 3.05) is 0 Å². The van der Waals surface area contributed by atoms with Crippen LogP contribution >= 0.6 is 0 Å². The van der Waals surface area contributed by atoms with Gasteiger partial charge in [0.05, 0.1) is 22.1 Å². The highest BCUT2D eigenvalue weighted by Crippen LogP contribution is 2.53. The van der Waals surface area contributed by atoms with Gasteiger partial charge in [-0.3, -0.25) is 0 Å². The fraction of sp³-hybridized carbons (Fsp3) is 0.0492. The van der Waals surface area contributed by atoms with E-state index < -0.39 is 0 Å². The lowest BCUT2D eigenvalue weighted by atomic mass is 9.81. The van der Waals surface area contributed by atoms with Crippen molar-refractivity contribution in [1.29, 1.82) is 0 Å². The van der Waals surface area contributed by atoms with Gasteiger partial charge in [-0.2, -0.15) is 0 Å². The van der Waals surface area contributed by atoms with Crippen LogP contribution in [-0.2, 0) is 5.41 Å². The molecule has 12 aromatic rings. The molecule has 2 aliphatic carbocycles. The molecular formula is C61H40N2. The second kappa shape index (κ2) is 12.6. The monoisotopic (exact) mass is 800 g/mol. The SMILES string of the molecule is CC1(C)c2cc(-c3ccc4c5c(cccc35)-c3ccccc3-4)ccc2-c2ccc(-n3c4ccccc4c4cc(-c5ccc6c(c5)c5ccccc5n6-c5ccccc5)ccc43)cc21. The van der Waals surface area contributed by atoms with Crippen LogP contribution in [-0.4, -0.2) is 9.13 Å². The molecule has 0 aliphatic heterocycles. The lowest BCUT2D eigenvalue weighted by Gasteiger charge is -2.23. The van der Waals surface area contributed by atoms with E-state index in [0.717, 1.165) is 0 Å². The van der Waals surface area contributed by atoms with E-state index in [4.69, 9.17) is 0 Å². The Morgan fingerprint density at radius 3 is 1.44 bits per heavy atom. The van der Waals surface area contributed by atoms with E-state index >= 15 is 0 Å². The van der Waals surface area contributed by atoms with Crippen molar-refractivity contribution < 1.29 is 0 Å². The zero-order valence-electron chi connectivity index (χ0n) is 35.0. The highest BCUT2D eigenvalue weighted by molar-refractivity contribution is 6.19. The summed E-state index contributed by atoms with van der Waals surface area (Å²) in [7, 11) is 0. The Morgan fingerprint density at radius 2 is 0.762 bits per heavy atom. The van der Waals surface area contributed by atoms with Crippen molar-refractivity contribution in [3.8, 4) is 67.0 Å². The molecule has 10 aromatic carbocycles. The van der Waals surface area contributed by atoms with Crippen molar-refractivity contribution in [2.24, 2.45) is 0 Å². The van der Waals surface area contributed by atoms with Crippen molar-refractivity contribution >= 4 is 54.4 Å². The Hall–Kier alpha value is -7.94. The maximum absolute atomic E-state index is 2.47. The third kappa shape index (κ3) is 4.73. The highest BCUT2D eigenvalue weighted by atomic mass is 15.0. The van der Waals surface area contributed by atoms with Crippen LogP contribution in [0.5, 0.6) is 0 Å². The van der Waals surface area contributed by atoms with Crippen LogP contribution in [0.4, 0.5) is 0 Å². The van der Waals surface area contributed by atoms with E-state index in [0.29, 0.717) is 0 Å². The van der Waals surface area contributed by atoms with Gasteiger partial charge < -0.3 is 9.13 Å². The topological polar surface area (TPSA) is 9.86 Å². The summed E-state index contributed by atoms with van der Waals surface area (Å²) >= 11 is 0. The number of rotatable bonds is 4. The molecule has 2 aliphatic rings. The van der Waals surface area contributed by atoms with Gasteiger partial charge in [-0.25, -0.2) is 0 Å². The number of benzene rings is 10. The fourth-order valence-electron chi connectivity index (χ4n) is 11.5. The number of aromatic nitrogens is 2. The smallest absolute Gasteiger partial charge is 0.0541 e. The minimum absolute atomic E-state index is 0.185. The maximum Gasteiger partial charge on any atom is 0.0541 e. The van der Waals surface area contributed by atoms with Gasteiger partial charge in [0.25, 0.3) is 0 Å². The Balaban J connectivity index is 0.870. The minimum atomic E-state index is -0.185. The Bertz CT molecular complexity index is 3900. The molecule has 0 amide bonds. The normalized spacial score (nSPS) is 13.4. The molecular weight excluding hydrogens is 761 g/mol. The number of hydrogen-bond donors (Lipinski definition) is 0. The van der Waals surface area contributed by atoms with E-state index in [1.54, 1.807) is 0 Å². The van der Waals surface area contributed by atoms with Gasteiger partial charge in [0.1, 0.15) is 0 Å². The Morgan fingerprint density at radius 1 is 0.286 bits per heavy atom. The first-order chi connectivity index (χ1) is 31.0. The largest absolute Gasteiger partial charge is 0.309 e. The summed E-state index contributed by atoms with van der Waals surface area (Å²) < 4.78 is 4.86. The van der Waals surface area contributed by atoms with Crippen LogP contribution in [0.25, 0.3) is 121 Å². The molecule has 0 spiro atoms. The van der Waals surface area contributed by atoms with E-state index in [1.165, 1.54) is 133 Å². The summed E-state index contributed by atoms with van der Waals surface area (Å²) in [6, 6.07) is 77.0. The van der Waals surface area contributed by atoms with Gasteiger partial charge in [0, 0.05) is 38.3 Å². The van der Waals surface area contributed by atoms with Crippen molar-refractivity contribution in [1.82, 2.24) is 9.13 Å². The molecule has 2 heterocycles. The molecule has 14 rings (SSSR count). The summed E-state index contributed by atoms with van der Waals surface area (Å²) in [4.78, 5) is 0. The van der Waals surface area contributed by atoms with Crippen molar-refractivity contribution in [3.63, 3.8) is 0 Å². The molecule has 0 unspecified atom stereocenters. The van der Waals surface area contributed by atoms with Gasteiger partial charge in [-0.05, 0) is 144 Å². The lowest BCUT2D eigenvalue weighted by Crippen LogP contribution is -2.15. The molecule has 0 saturated carbocycles. The Kier molecular flexibility index (Phi) is 6.93. The van der Waals surface area contributed by atoms with Gasteiger partial charge in [-0.1, -0.05) is 153 Å². The summed E-state index contributed by atoms with van der Waals surface area (Å²) in [5.41, 5.74) is 22.8. The van der Waals surface area contributed by atoms with Crippen LogP contribution in [0.1, 0.15) is 25.0 Å². The predicted molar refractivity (Wildman–Crippen MR) is 265 cm³/mol. The van der Waals surface area contributed by atoms with Crippen LogP contribution in [0.15, 0.2) is 206 Å². The first-order valence-corrected chi connectivity index (χ1v) is 22.1. The standard InChI is InChI=1S/C61H40N2/c1-61(2)54-35-39(42-29-30-51-44-16-7-6-15-43(44)50-20-12-19-49(42)60(50)51)23-27-45(54)46-28-26-41(36-55(46)61)63-57-22-11-9-18-48(57)53-34-38(25-32-59(53)63)37-24-31-58-52(33-37)47-17-8-10-21-56(47)62(58)40-13-4-3-5-14-40/h3-36H,1-2H3. The first kappa shape index (κ1) is 34.7. The lowest BCUT2D eigenvalue weighted by molar-refractivity contribution is 0.660. The summed E-state index contributed by atoms with van der Waals surface area (Å²) in [5.74, 6) is 0. The molecule has 2 aromatic heterocycles. The second-order valence-corrected chi connectivity index (χ2v) is 18.1. The van der Waals surface area contributed by atoms with Crippen LogP contribution in [0, 0.1) is 0 Å². The third-order valence-electron chi connectivity index (χ3n) is 14.5. The van der Waals surface area contributed by atoms with E-state index in [2.05, 4.69) is 229 Å². The van der Waals surface area contributed by atoms with Crippen LogP contribution < -0.4 is 0 Å². The molecule has 0 saturated heterocycles. The number of hydrogen-bond acceptors (Lipinski definition) is 0. The fourth-order valence-corrected chi connectivity index (χ4v) is 11.5. The van der Waals surface area contributed by atoms with E-state index in [9.17, 15) is 0 Å². The quantitative estimate of drug-likeness (QED) is 0.168. The average Bonchev–Trinajstić information content (AvgIpc) is 4.03. The summed E-state index contributed by atoms with van der Waals surface area (Å²) in [5, 5.41) is 7.74. The zero-order chi connectivity index (χ0) is 41.6. The molecule has 0 fully saturated rings. The van der Waals surface area contributed by atoms with Gasteiger partial charge >= 0.3 is 0 Å². The molecule has 0 radical (unpaired) electrons. The number of para-hydroxylation sites is 3. The summed E-state index contributed by atoms with van der Waals surface area (Å²) in [6.45, 7) is 4.81. The van der Waals surface area contributed by atoms with E-state index in [1.807, 2.05) is 0 Å². The molecule has 0 N–H and O–H groups in total. The van der Waals surface area contributed by atoms with Crippen LogP contribution in [0.3, 0.4) is 0 Å².